The van der Waals surface area contributed by atoms with Crippen molar-refractivity contribution < 1.29 is 41.0 Å². The van der Waals surface area contributed by atoms with Gasteiger partial charge in [-0.15, -0.1) is 0 Å². The fourth-order valence-electron chi connectivity index (χ4n) is 5.92. The van der Waals surface area contributed by atoms with Gasteiger partial charge < -0.3 is 14.7 Å². The number of pyridine rings is 1. The van der Waals surface area contributed by atoms with Gasteiger partial charge in [-0.1, -0.05) is 17.7 Å². The predicted molar refractivity (Wildman–Crippen MR) is 186 cm³/mol. The van der Waals surface area contributed by atoms with Crippen LogP contribution < -0.4 is 0 Å². The SMILES string of the molecule is Cc1ccc(S(=O)(=O)n2c(C)c(-c3cn(CCCC(=O)O)nc3C(F)(F)F)c3cc(-c4c(CN(C)C(=O)OC(C)(C)C)nn(C)c4C#N)cnc32)cc1. The van der Waals surface area contributed by atoms with Crippen molar-refractivity contribution in [1.29, 1.82) is 5.26 Å². The van der Waals surface area contributed by atoms with Crippen molar-refractivity contribution in [2.24, 2.45) is 7.05 Å². The molecular formula is C35H37F3N8O6S. The lowest BCUT2D eigenvalue weighted by molar-refractivity contribution is -0.141. The van der Waals surface area contributed by atoms with E-state index < -0.39 is 45.1 Å². The van der Waals surface area contributed by atoms with E-state index in [1.165, 1.54) is 55.0 Å². The molecule has 5 aromatic rings. The highest BCUT2D eigenvalue weighted by Crippen LogP contribution is 2.44. The molecule has 0 bridgehead atoms. The summed E-state index contributed by atoms with van der Waals surface area (Å²) in [5.74, 6) is -1.13. The molecule has 0 fully saturated rings. The molecule has 0 aliphatic heterocycles. The van der Waals surface area contributed by atoms with Crippen LogP contribution in [0.5, 0.6) is 0 Å². The summed E-state index contributed by atoms with van der Waals surface area (Å²) in [5.41, 5.74) is -1.50. The molecule has 0 spiro atoms. The van der Waals surface area contributed by atoms with Gasteiger partial charge >= 0.3 is 18.2 Å². The Morgan fingerprint density at radius 1 is 1.08 bits per heavy atom. The maximum atomic E-state index is 14.7. The molecule has 0 aliphatic carbocycles. The van der Waals surface area contributed by atoms with Crippen molar-refractivity contribution in [3.05, 3.63) is 71.1 Å². The molecule has 0 aliphatic rings. The fourth-order valence-corrected chi connectivity index (χ4v) is 7.43. The Morgan fingerprint density at radius 2 is 1.74 bits per heavy atom. The van der Waals surface area contributed by atoms with E-state index in [1.807, 2.05) is 0 Å². The van der Waals surface area contributed by atoms with Crippen LogP contribution in [0, 0.1) is 25.2 Å². The molecule has 53 heavy (non-hydrogen) atoms. The monoisotopic (exact) mass is 754 g/mol. The van der Waals surface area contributed by atoms with Gasteiger partial charge in [0.1, 0.15) is 17.4 Å². The van der Waals surface area contributed by atoms with Crippen LogP contribution in [0.25, 0.3) is 33.3 Å². The molecular weight excluding hydrogens is 717 g/mol. The molecule has 4 aromatic heterocycles. The number of nitrogens with zero attached hydrogens (tertiary/aromatic N) is 8. The Kier molecular flexibility index (Phi) is 10.2. The largest absolute Gasteiger partial charge is 0.481 e. The van der Waals surface area contributed by atoms with Crippen LogP contribution in [-0.4, -0.2) is 71.7 Å². The van der Waals surface area contributed by atoms with Gasteiger partial charge in [-0.25, -0.2) is 22.2 Å². The number of ether oxygens (including phenoxy) is 1. The number of amides is 1. The summed E-state index contributed by atoms with van der Waals surface area (Å²) in [5, 5.41) is 27.4. The van der Waals surface area contributed by atoms with Crippen LogP contribution in [-0.2, 0) is 45.9 Å². The molecule has 0 atom stereocenters. The third-order valence-electron chi connectivity index (χ3n) is 8.24. The maximum Gasteiger partial charge on any atom is 0.435 e. The summed E-state index contributed by atoms with van der Waals surface area (Å²) in [6.07, 6.45) is -3.59. The second kappa shape index (κ2) is 14.0. The van der Waals surface area contributed by atoms with E-state index in [4.69, 9.17) is 9.84 Å². The molecule has 0 radical (unpaired) electrons. The van der Waals surface area contributed by atoms with Gasteiger partial charge in [0.2, 0.25) is 0 Å². The quantitative estimate of drug-likeness (QED) is 0.171. The number of carbonyl (C=O) groups is 2. The number of alkyl halides is 3. The Hall–Kier alpha value is -5.70. The van der Waals surface area contributed by atoms with Crippen molar-refractivity contribution in [2.75, 3.05) is 7.05 Å². The first-order chi connectivity index (χ1) is 24.6. The lowest BCUT2D eigenvalue weighted by Crippen LogP contribution is -2.34. The summed E-state index contributed by atoms with van der Waals surface area (Å²) >= 11 is 0. The van der Waals surface area contributed by atoms with Crippen LogP contribution in [0.3, 0.4) is 0 Å². The van der Waals surface area contributed by atoms with Crippen LogP contribution in [0.1, 0.15) is 62.0 Å². The normalized spacial score (nSPS) is 12.2. The summed E-state index contributed by atoms with van der Waals surface area (Å²) in [6, 6.07) is 9.45. The lowest BCUT2D eigenvalue weighted by atomic mass is 9.99. The summed E-state index contributed by atoms with van der Waals surface area (Å²) in [6.45, 7) is 7.95. The van der Waals surface area contributed by atoms with Crippen LogP contribution >= 0.6 is 0 Å². The van der Waals surface area contributed by atoms with Crippen LogP contribution in [0.4, 0.5) is 18.0 Å². The van der Waals surface area contributed by atoms with Gasteiger partial charge in [0.05, 0.1) is 17.1 Å². The highest BCUT2D eigenvalue weighted by molar-refractivity contribution is 7.90. The first-order valence-corrected chi connectivity index (χ1v) is 17.7. The second-order valence-corrected chi connectivity index (χ2v) is 15.3. The highest BCUT2D eigenvalue weighted by Gasteiger charge is 2.40. The minimum Gasteiger partial charge on any atom is -0.481 e. The molecule has 5 rings (SSSR count). The van der Waals surface area contributed by atoms with Gasteiger partial charge in [-0.2, -0.15) is 28.6 Å². The number of aliphatic carboxylic acids is 1. The van der Waals surface area contributed by atoms with E-state index in [-0.39, 0.29) is 75.6 Å². The molecule has 1 amide bonds. The number of nitriles is 1. The van der Waals surface area contributed by atoms with E-state index in [9.17, 15) is 36.4 Å². The number of carboxylic acids is 1. The van der Waals surface area contributed by atoms with Crippen molar-refractivity contribution in [3.8, 4) is 28.3 Å². The Labute approximate surface area is 303 Å². The number of rotatable bonds is 10. The smallest absolute Gasteiger partial charge is 0.435 e. The Bertz CT molecular complexity index is 2380. The highest BCUT2D eigenvalue weighted by atomic mass is 32.2. The molecule has 0 saturated heterocycles. The van der Waals surface area contributed by atoms with Gasteiger partial charge in [-0.3, -0.25) is 14.2 Å². The zero-order valence-electron chi connectivity index (χ0n) is 30.0. The van der Waals surface area contributed by atoms with Crippen molar-refractivity contribution in [2.45, 2.75) is 77.2 Å². The second-order valence-electron chi connectivity index (χ2n) is 13.5. The average molecular weight is 755 g/mol. The maximum absolute atomic E-state index is 14.7. The molecule has 4 heterocycles. The van der Waals surface area contributed by atoms with Gasteiger partial charge in [0.25, 0.3) is 10.0 Å². The number of halogens is 3. The van der Waals surface area contributed by atoms with E-state index >= 15 is 0 Å². The molecule has 280 valence electrons. The number of carboxylic acid groups (broad SMARTS) is 1. The lowest BCUT2D eigenvalue weighted by Gasteiger charge is -2.24. The molecule has 14 nitrogen and oxygen atoms in total. The average Bonchev–Trinajstić information content (AvgIpc) is 3.70. The standard InChI is InChI=1S/C35H37F3N8O6S/c1-20-10-12-23(13-11-20)53(50,51)46-21(2)29(25-18-45(14-8-9-28(47)48)42-31(25)35(36,37)38)24-15-22(17-40-32(24)46)30-26(41-44(7)27(30)16-39)19-43(6)33(49)52-34(3,4)5/h10-13,15,17-18H,8-9,14,19H2,1-7H3,(H,47,48). The predicted octanol–water partition coefficient (Wildman–Crippen LogP) is 6.28. The number of hydrogen-bond donors (Lipinski definition) is 1. The summed E-state index contributed by atoms with van der Waals surface area (Å²) in [7, 11) is -1.46. The molecule has 1 N–H and O–H groups in total. The van der Waals surface area contributed by atoms with Crippen LogP contribution in [0.15, 0.2) is 47.6 Å². The summed E-state index contributed by atoms with van der Waals surface area (Å²) < 4.78 is 81.1. The zero-order valence-corrected chi connectivity index (χ0v) is 30.8. The first-order valence-electron chi connectivity index (χ1n) is 16.2. The van der Waals surface area contributed by atoms with Gasteiger partial charge in [-0.05, 0) is 59.2 Å². The van der Waals surface area contributed by atoms with E-state index in [0.29, 0.717) is 0 Å². The number of benzene rings is 1. The minimum atomic E-state index is -4.99. The molecule has 1 aromatic carbocycles. The number of hydrogen-bond acceptors (Lipinski definition) is 9. The van der Waals surface area contributed by atoms with E-state index in [2.05, 4.69) is 21.3 Å². The number of aromatic nitrogens is 6. The minimum absolute atomic E-state index is 0.00883. The van der Waals surface area contributed by atoms with Gasteiger partial charge in [0.15, 0.2) is 11.3 Å². The van der Waals surface area contributed by atoms with Crippen molar-refractivity contribution >= 4 is 33.1 Å². The number of fused-ring (bicyclic) bond motifs is 1. The first kappa shape index (κ1) is 38.5. The van der Waals surface area contributed by atoms with E-state index in [1.54, 1.807) is 39.8 Å². The third-order valence-corrected chi connectivity index (χ3v) is 10.0. The molecule has 0 saturated carbocycles. The Balaban J connectivity index is 1.79. The molecule has 18 heteroatoms. The van der Waals surface area contributed by atoms with Crippen LogP contribution in [0.2, 0.25) is 0 Å². The topological polar surface area (TPSA) is 178 Å². The van der Waals surface area contributed by atoms with Crippen molar-refractivity contribution in [1.82, 2.24) is 33.4 Å². The van der Waals surface area contributed by atoms with Crippen molar-refractivity contribution in [3.63, 3.8) is 0 Å². The zero-order chi connectivity index (χ0) is 39.2. The number of carbonyl (C=O) groups excluding carboxylic acids is 1. The van der Waals surface area contributed by atoms with E-state index in [0.717, 1.165) is 20.4 Å². The fraction of sp³-hybridized carbons (Fsp3) is 0.371. The van der Waals surface area contributed by atoms with Gasteiger partial charge in [0, 0.05) is 72.8 Å². The number of aryl methyl sites for hydroxylation is 3. The molecule has 0 unspecified atom stereocenters. The summed E-state index contributed by atoms with van der Waals surface area (Å²) in [4.78, 5) is 29.5. The Morgan fingerprint density at radius 3 is 2.32 bits per heavy atom. The third kappa shape index (κ3) is 7.75.